The van der Waals surface area contributed by atoms with Crippen LogP contribution >= 0.6 is 0 Å². The summed E-state index contributed by atoms with van der Waals surface area (Å²) in [6.45, 7) is 8.19. The molecular weight excluding hydrogens is 238 g/mol. The third-order valence-electron chi connectivity index (χ3n) is 3.27. The van der Waals surface area contributed by atoms with E-state index >= 15 is 0 Å². The molecule has 3 nitrogen and oxygen atoms in total. The van der Waals surface area contributed by atoms with Gasteiger partial charge in [0, 0.05) is 0 Å². The average molecular weight is 267 g/mol. The molecule has 3 heteroatoms. The summed E-state index contributed by atoms with van der Waals surface area (Å²) in [6.07, 6.45) is 10.5. The SMILES string of the molecule is C/C=C\C(=C/C)COC(=O)C1(N)CCCCC1.CC. The fourth-order valence-corrected chi connectivity index (χ4v) is 2.12. The number of rotatable bonds is 4. The highest BCUT2D eigenvalue weighted by Gasteiger charge is 2.36. The smallest absolute Gasteiger partial charge is 0.326 e. The van der Waals surface area contributed by atoms with Crippen LogP contribution in [-0.2, 0) is 9.53 Å². The van der Waals surface area contributed by atoms with Gasteiger partial charge in [0.2, 0.25) is 0 Å². The predicted molar refractivity (Wildman–Crippen MR) is 80.9 cm³/mol. The first-order valence-corrected chi connectivity index (χ1v) is 7.36. The molecule has 19 heavy (non-hydrogen) atoms. The van der Waals surface area contributed by atoms with Crippen LogP contribution in [0.15, 0.2) is 23.8 Å². The zero-order valence-electron chi connectivity index (χ0n) is 12.9. The van der Waals surface area contributed by atoms with Crippen LogP contribution in [0.1, 0.15) is 59.8 Å². The van der Waals surface area contributed by atoms with Crippen LogP contribution in [0, 0.1) is 0 Å². The van der Waals surface area contributed by atoms with E-state index in [-0.39, 0.29) is 5.97 Å². The normalized spacial score (nSPS) is 18.7. The molecule has 1 fully saturated rings. The lowest BCUT2D eigenvalue weighted by molar-refractivity contribution is -0.150. The van der Waals surface area contributed by atoms with Crippen molar-refractivity contribution in [3.8, 4) is 0 Å². The second-order valence-electron chi connectivity index (χ2n) is 4.66. The maximum absolute atomic E-state index is 11.9. The van der Waals surface area contributed by atoms with E-state index in [9.17, 15) is 4.79 Å². The molecule has 0 heterocycles. The first kappa shape index (κ1) is 17.9. The topological polar surface area (TPSA) is 52.3 Å². The second-order valence-corrected chi connectivity index (χ2v) is 4.66. The third kappa shape index (κ3) is 6.06. The van der Waals surface area contributed by atoms with E-state index in [0.717, 1.165) is 31.3 Å². The minimum atomic E-state index is -0.743. The lowest BCUT2D eigenvalue weighted by Gasteiger charge is -2.30. The minimum absolute atomic E-state index is 0.249. The highest BCUT2D eigenvalue weighted by Crippen LogP contribution is 2.27. The Morgan fingerprint density at radius 1 is 1.21 bits per heavy atom. The van der Waals surface area contributed by atoms with Gasteiger partial charge in [0.15, 0.2) is 0 Å². The molecule has 0 aromatic rings. The summed E-state index contributed by atoms with van der Waals surface area (Å²) in [5.74, 6) is -0.249. The van der Waals surface area contributed by atoms with Crippen LogP contribution in [0.2, 0.25) is 0 Å². The van der Waals surface area contributed by atoms with E-state index in [1.165, 1.54) is 6.42 Å². The van der Waals surface area contributed by atoms with Gasteiger partial charge >= 0.3 is 5.97 Å². The van der Waals surface area contributed by atoms with E-state index in [0.29, 0.717) is 6.61 Å². The van der Waals surface area contributed by atoms with Crippen LogP contribution in [0.5, 0.6) is 0 Å². The van der Waals surface area contributed by atoms with E-state index in [1.54, 1.807) is 0 Å². The molecule has 0 spiro atoms. The molecule has 1 rings (SSSR count). The number of hydrogen-bond acceptors (Lipinski definition) is 3. The second kappa shape index (κ2) is 9.79. The third-order valence-corrected chi connectivity index (χ3v) is 3.27. The average Bonchev–Trinajstić information content (AvgIpc) is 2.46. The van der Waals surface area contributed by atoms with Gasteiger partial charge in [-0.2, -0.15) is 0 Å². The predicted octanol–water partition coefficient (Wildman–Crippen LogP) is 3.74. The highest BCUT2D eigenvalue weighted by atomic mass is 16.5. The number of carbonyl (C=O) groups is 1. The van der Waals surface area contributed by atoms with Crippen molar-refractivity contribution in [3.05, 3.63) is 23.8 Å². The molecule has 0 aromatic carbocycles. The molecule has 0 amide bonds. The fraction of sp³-hybridized carbons (Fsp3) is 0.688. The lowest BCUT2D eigenvalue weighted by atomic mass is 9.83. The molecule has 0 bridgehead atoms. The van der Waals surface area contributed by atoms with E-state index < -0.39 is 5.54 Å². The fourth-order valence-electron chi connectivity index (χ4n) is 2.12. The number of hydrogen-bond donors (Lipinski definition) is 1. The number of esters is 1. The lowest BCUT2D eigenvalue weighted by Crippen LogP contribution is -2.50. The van der Waals surface area contributed by atoms with Gasteiger partial charge in [-0.1, -0.05) is 51.3 Å². The summed E-state index contributed by atoms with van der Waals surface area (Å²) in [4.78, 5) is 11.9. The van der Waals surface area contributed by atoms with E-state index in [2.05, 4.69) is 0 Å². The molecule has 0 saturated heterocycles. The number of ether oxygens (including phenoxy) is 1. The molecule has 1 saturated carbocycles. The minimum Gasteiger partial charge on any atom is -0.459 e. The Balaban J connectivity index is 0.00000154. The molecule has 2 N–H and O–H groups in total. The molecule has 1 aliphatic rings. The number of carbonyl (C=O) groups excluding carboxylic acids is 1. The summed E-state index contributed by atoms with van der Waals surface area (Å²) in [7, 11) is 0. The van der Waals surface area contributed by atoms with Crippen LogP contribution < -0.4 is 5.73 Å². The summed E-state index contributed by atoms with van der Waals surface area (Å²) in [5.41, 5.74) is 6.35. The van der Waals surface area contributed by atoms with Crippen molar-refractivity contribution < 1.29 is 9.53 Å². The monoisotopic (exact) mass is 267 g/mol. The van der Waals surface area contributed by atoms with Crippen molar-refractivity contribution in [2.75, 3.05) is 6.61 Å². The van der Waals surface area contributed by atoms with E-state index in [4.69, 9.17) is 10.5 Å². The number of nitrogens with two attached hydrogens (primary N) is 1. The van der Waals surface area contributed by atoms with Gasteiger partial charge in [-0.3, -0.25) is 4.79 Å². The van der Waals surface area contributed by atoms with Gasteiger partial charge in [-0.25, -0.2) is 0 Å². The van der Waals surface area contributed by atoms with Crippen LogP contribution in [0.25, 0.3) is 0 Å². The molecule has 0 aliphatic heterocycles. The Labute approximate surface area is 117 Å². The van der Waals surface area contributed by atoms with Crippen molar-refractivity contribution in [1.29, 1.82) is 0 Å². The molecule has 1 aliphatic carbocycles. The van der Waals surface area contributed by atoms with Crippen molar-refractivity contribution >= 4 is 5.97 Å². The maximum atomic E-state index is 11.9. The number of allylic oxidation sites excluding steroid dienone is 2. The zero-order chi connectivity index (χ0) is 14.7. The standard InChI is InChI=1S/C14H23NO2.C2H6/c1-3-8-12(4-2)11-17-13(16)14(15)9-6-5-7-10-14;1-2/h3-4,8H,5-7,9-11,15H2,1-2H3;1-2H3/b8-3-,12-4+;. The molecule has 110 valence electrons. The first-order valence-electron chi connectivity index (χ1n) is 7.36. The van der Waals surface area contributed by atoms with Crippen LogP contribution in [0.3, 0.4) is 0 Å². The van der Waals surface area contributed by atoms with Crippen molar-refractivity contribution in [2.45, 2.75) is 65.3 Å². The summed E-state index contributed by atoms with van der Waals surface area (Å²) in [5, 5.41) is 0. The van der Waals surface area contributed by atoms with Crippen LogP contribution in [0.4, 0.5) is 0 Å². The van der Waals surface area contributed by atoms with Crippen molar-refractivity contribution in [1.82, 2.24) is 0 Å². The van der Waals surface area contributed by atoms with Gasteiger partial charge in [0.1, 0.15) is 12.1 Å². The summed E-state index contributed by atoms with van der Waals surface area (Å²) >= 11 is 0. The Bertz CT molecular complexity index is 313. The Hall–Kier alpha value is -1.09. The van der Waals surface area contributed by atoms with Crippen molar-refractivity contribution in [2.24, 2.45) is 5.73 Å². The molecule has 0 unspecified atom stereocenters. The van der Waals surface area contributed by atoms with Crippen molar-refractivity contribution in [3.63, 3.8) is 0 Å². The van der Waals surface area contributed by atoms with Crippen LogP contribution in [-0.4, -0.2) is 18.1 Å². The zero-order valence-corrected chi connectivity index (χ0v) is 12.9. The van der Waals surface area contributed by atoms with Gasteiger partial charge in [0.25, 0.3) is 0 Å². The Kier molecular flexibility index (Phi) is 9.23. The summed E-state index contributed by atoms with van der Waals surface area (Å²) < 4.78 is 5.31. The summed E-state index contributed by atoms with van der Waals surface area (Å²) in [6, 6.07) is 0. The van der Waals surface area contributed by atoms with Gasteiger partial charge < -0.3 is 10.5 Å². The highest BCUT2D eigenvalue weighted by molar-refractivity contribution is 5.80. The Morgan fingerprint density at radius 2 is 1.79 bits per heavy atom. The maximum Gasteiger partial charge on any atom is 0.326 e. The molecule has 0 aromatic heterocycles. The quantitative estimate of drug-likeness (QED) is 0.623. The first-order chi connectivity index (χ1) is 9.12. The van der Waals surface area contributed by atoms with Gasteiger partial charge in [0.05, 0.1) is 0 Å². The Morgan fingerprint density at radius 3 is 2.26 bits per heavy atom. The van der Waals surface area contributed by atoms with Gasteiger partial charge in [-0.05, 0) is 32.3 Å². The molecule has 0 radical (unpaired) electrons. The molecular formula is C16H29NO2. The largest absolute Gasteiger partial charge is 0.459 e. The van der Waals surface area contributed by atoms with E-state index in [1.807, 2.05) is 45.9 Å². The molecule has 0 atom stereocenters. The van der Waals surface area contributed by atoms with Gasteiger partial charge in [-0.15, -0.1) is 0 Å².